The summed E-state index contributed by atoms with van der Waals surface area (Å²) in [5.41, 5.74) is 5.52. The molecule has 1 rings (SSSR count). The number of nitrogens with zero attached hydrogens (tertiary/aromatic N) is 1. The first-order valence-corrected chi connectivity index (χ1v) is 6.18. The number of hydrogen-bond donors (Lipinski definition) is 1. The van der Waals surface area contributed by atoms with Gasteiger partial charge in [-0.15, -0.1) is 0 Å². The summed E-state index contributed by atoms with van der Waals surface area (Å²) in [5.74, 6) is 0.819. The van der Waals surface area contributed by atoms with Crippen LogP contribution in [0.5, 0.6) is 0 Å². The van der Waals surface area contributed by atoms with Gasteiger partial charge in [-0.05, 0) is 51.6 Å². The molecule has 14 heavy (non-hydrogen) atoms. The zero-order valence-corrected chi connectivity index (χ0v) is 9.84. The molecule has 1 saturated heterocycles. The fourth-order valence-electron chi connectivity index (χ4n) is 2.39. The van der Waals surface area contributed by atoms with E-state index in [1.807, 2.05) is 0 Å². The Labute approximate surface area is 88.8 Å². The Bertz CT molecular complexity index is 147. The van der Waals surface area contributed by atoms with Gasteiger partial charge in [-0.1, -0.05) is 13.3 Å². The van der Waals surface area contributed by atoms with Crippen LogP contribution in [-0.2, 0) is 0 Å². The van der Waals surface area contributed by atoms with E-state index >= 15 is 0 Å². The topological polar surface area (TPSA) is 29.3 Å². The molecule has 1 heterocycles. The Balaban J connectivity index is 2.20. The lowest BCUT2D eigenvalue weighted by Crippen LogP contribution is -2.40. The SMILES string of the molecule is CC(CCCN)CN1CCCCC1C. The quantitative estimate of drug-likeness (QED) is 0.734. The lowest BCUT2D eigenvalue weighted by molar-refractivity contribution is 0.137. The van der Waals surface area contributed by atoms with Crippen LogP contribution in [0.1, 0.15) is 46.0 Å². The molecule has 0 radical (unpaired) electrons. The van der Waals surface area contributed by atoms with E-state index in [0.717, 1.165) is 18.5 Å². The number of nitrogens with two attached hydrogens (primary N) is 1. The number of hydrogen-bond acceptors (Lipinski definition) is 2. The third-order valence-corrected chi connectivity index (χ3v) is 3.39. The lowest BCUT2D eigenvalue weighted by Gasteiger charge is -2.35. The van der Waals surface area contributed by atoms with Crippen LogP contribution in [0.25, 0.3) is 0 Å². The van der Waals surface area contributed by atoms with Crippen molar-refractivity contribution in [3.05, 3.63) is 0 Å². The summed E-state index contributed by atoms with van der Waals surface area (Å²) < 4.78 is 0. The molecule has 0 aliphatic carbocycles. The van der Waals surface area contributed by atoms with E-state index in [2.05, 4.69) is 18.7 Å². The Morgan fingerprint density at radius 3 is 2.86 bits per heavy atom. The van der Waals surface area contributed by atoms with Gasteiger partial charge in [0, 0.05) is 12.6 Å². The minimum Gasteiger partial charge on any atom is -0.330 e. The predicted molar refractivity (Wildman–Crippen MR) is 62.3 cm³/mol. The zero-order chi connectivity index (χ0) is 10.4. The molecular formula is C12H26N2. The van der Waals surface area contributed by atoms with Gasteiger partial charge < -0.3 is 10.6 Å². The predicted octanol–water partition coefficient (Wildman–Crippen LogP) is 2.24. The fraction of sp³-hybridized carbons (Fsp3) is 1.00. The van der Waals surface area contributed by atoms with Crippen molar-refractivity contribution in [1.82, 2.24) is 4.90 Å². The van der Waals surface area contributed by atoms with Gasteiger partial charge in [-0.2, -0.15) is 0 Å². The summed E-state index contributed by atoms with van der Waals surface area (Å²) in [6, 6.07) is 0.809. The molecule has 2 nitrogen and oxygen atoms in total. The van der Waals surface area contributed by atoms with E-state index in [1.165, 1.54) is 45.2 Å². The van der Waals surface area contributed by atoms with E-state index in [-0.39, 0.29) is 0 Å². The second kappa shape index (κ2) is 6.41. The van der Waals surface area contributed by atoms with Crippen molar-refractivity contribution in [1.29, 1.82) is 0 Å². The van der Waals surface area contributed by atoms with Gasteiger partial charge in [-0.3, -0.25) is 0 Å². The van der Waals surface area contributed by atoms with Gasteiger partial charge >= 0.3 is 0 Å². The van der Waals surface area contributed by atoms with Crippen molar-refractivity contribution in [2.45, 2.75) is 52.0 Å². The Morgan fingerprint density at radius 1 is 1.43 bits per heavy atom. The third kappa shape index (κ3) is 3.97. The van der Waals surface area contributed by atoms with Crippen LogP contribution in [0.15, 0.2) is 0 Å². The van der Waals surface area contributed by atoms with Crippen molar-refractivity contribution >= 4 is 0 Å². The minimum absolute atomic E-state index is 0.809. The molecule has 1 aliphatic rings. The summed E-state index contributed by atoms with van der Waals surface area (Å²) in [4.78, 5) is 2.66. The second-order valence-electron chi connectivity index (χ2n) is 4.88. The summed E-state index contributed by atoms with van der Waals surface area (Å²) in [7, 11) is 0. The highest BCUT2D eigenvalue weighted by molar-refractivity contribution is 4.74. The fourth-order valence-corrected chi connectivity index (χ4v) is 2.39. The van der Waals surface area contributed by atoms with Crippen molar-refractivity contribution in [3.63, 3.8) is 0 Å². The molecule has 2 N–H and O–H groups in total. The van der Waals surface area contributed by atoms with Gasteiger partial charge in [0.1, 0.15) is 0 Å². The molecule has 0 saturated carbocycles. The van der Waals surface area contributed by atoms with Crippen LogP contribution in [0.3, 0.4) is 0 Å². The van der Waals surface area contributed by atoms with Crippen LogP contribution in [-0.4, -0.2) is 30.6 Å². The van der Waals surface area contributed by atoms with E-state index < -0.39 is 0 Å². The van der Waals surface area contributed by atoms with Crippen molar-refractivity contribution in [2.24, 2.45) is 11.7 Å². The standard InChI is InChI=1S/C12H26N2/c1-11(6-5-8-13)10-14-9-4-3-7-12(14)2/h11-12H,3-10,13H2,1-2H3. The Hall–Kier alpha value is -0.0800. The van der Waals surface area contributed by atoms with Crippen LogP contribution in [0, 0.1) is 5.92 Å². The van der Waals surface area contributed by atoms with Crippen molar-refractivity contribution in [3.8, 4) is 0 Å². The van der Waals surface area contributed by atoms with Crippen LogP contribution >= 0.6 is 0 Å². The Kier molecular flexibility index (Phi) is 5.49. The highest BCUT2D eigenvalue weighted by Crippen LogP contribution is 2.18. The minimum atomic E-state index is 0.809. The summed E-state index contributed by atoms with van der Waals surface area (Å²) >= 11 is 0. The average Bonchev–Trinajstić information content (AvgIpc) is 2.18. The number of likely N-dealkylation sites (tertiary alicyclic amines) is 1. The molecular weight excluding hydrogens is 172 g/mol. The van der Waals surface area contributed by atoms with Crippen LogP contribution < -0.4 is 5.73 Å². The monoisotopic (exact) mass is 198 g/mol. The van der Waals surface area contributed by atoms with Crippen molar-refractivity contribution < 1.29 is 0 Å². The lowest BCUT2D eigenvalue weighted by atomic mass is 9.99. The first kappa shape index (κ1) is 12.0. The summed E-state index contributed by atoms with van der Waals surface area (Å²) in [5, 5.41) is 0. The molecule has 84 valence electrons. The first-order chi connectivity index (χ1) is 6.74. The molecule has 0 bridgehead atoms. The molecule has 0 spiro atoms. The highest BCUT2D eigenvalue weighted by atomic mass is 15.2. The second-order valence-corrected chi connectivity index (χ2v) is 4.88. The number of rotatable bonds is 5. The van der Waals surface area contributed by atoms with Gasteiger partial charge in [0.2, 0.25) is 0 Å². The molecule has 0 aromatic carbocycles. The van der Waals surface area contributed by atoms with Crippen LogP contribution in [0.4, 0.5) is 0 Å². The van der Waals surface area contributed by atoms with Crippen LogP contribution in [0.2, 0.25) is 0 Å². The molecule has 0 aromatic rings. The smallest absolute Gasteiger partial charge is 0.00670 e. The summed E-state index contributed by atoms with van der Waals surface area (Å²) in [6.45, 7) is 8.17. The molecule has 1 aliphatic heterocycles. The molecule has 2 unspecified atom stereocenters. The average molecular weight is 198 g/mol. The molecule has 1 fully saturated rings. The summed E-state index contributed by atoms with van der Waals surface area (Å²) in [6.07, 6.45) is 6.69. The van der Waals surface area contributed by atoms with E-state index in [4.69, 9.17) is 5.73 Å². The highest BCUT2D eigenvalue weighted by Gasteiger charge is 2.19. The maximum atomic E-state index is 5.52. The first-order valence-electron chi connectivity index (χ1n) is 6.18. The molecule has 0 amide bonds. The largest absolute Gasteiger partial charge is 0.330 e. The van der Waals surface area contributed by atoms with E-state index in [1.54, 1.807) is 0 Å². The van der Waals surface area contributed by atoms with Gasteiger partial charge in [-0.25, -0.2) is 0 Å². The van der Waals surface area contributed by atoms with Gasteiger partial charge in [0.05, 0.1) is 0 Å². The maximum absolute atomic E-state index is 5.52. The van der Waals surface area contributed by atoms with E-state index in [0.29, 0.717) is 0 Å². The maximum Gasteiger partial charge on any atom is 0.00670 e. The molecule has 2 atom stereocenters. The third-order valence-electron chi connectivity index (χ3n) is 3.39. The molecule has 0 aromatic heterocycles. The van der Waals surface area contributed by atoms with E-state index in [9.17, 15) is 0 Å². The van der Waals surface area contributed by atoms with Gasteiger partial charge in [0.15, 0.2) is 0 Å². The van der Waals surface area contributed by atoms with Gasteiger partial charge in [0.25, 0.3) is 0 Å². The Morgan fingerprint density at radius 2 is 2.21 bits per heavy atom. The normalized spacial score (nSPS) is 26.4. The number of piperidine rings is 1. The zero-order valence-electron chi connectivity index (χ0n) is 9.84. The molecule has 2 heteroatoms. The van der Waals surface area contributed by atoms with Crippen molar-refractivity contribution in [2.75, 3.05) is 19.6 Å².